The van der Waals surface area contributed by atoms with Crippen LogP contribution in [0.4, 0.5) is 24.8 Å². The molecule has 18 heavy (non-hydrogen) atoms. The van der Waals surface area contributed by atoms with Crippen LogP contribution in [-0.2, 0) is 6.54 Å². The topological polar surface area (TPSA) is 50.9 Å². The van der Waals surface area contributed by atoms with Crippen LogP contribution in [0.1, 0.15) is 5.56 Å². The van der Waals surface area contributed by atoms with Crippen molar-refractivity contribution in [1.82, 2.24) is 4.98 Å². The number of nitrogens with one attached hydrogen (secondary N) is 1. The summed E-state index contributed by atoms with van der Waals surface area (Å²) in [6.07, 6.45) is 0. The number of halogens is 3. The van der Waals surface area contributed by atoms with Crippen molar-refractivity contribution in [1.29, 1.82) is 0 Å². The molecule has 0 spiro atoms. The van der Waals surface area contributed by atoms with Gasteiger partial charge >= 0.3 is 0 Å². The van der Waals surface area contributed by atoms with Crippen LogP contribution >= 0.6 is 0 Å². The van der Waals surface area contributed by atoms with Crippen LogP contribution in [0.15, 0.2) is 30.3 Å². The largest absolute Gasteiger partial charge is 0.381 e. The summed E-state index contributed by atoms with van der Waals surface area (Å²) in [5, 5.41) is 2.57. The van der Waals surface area contributed by atoms with Crippen LogP contribution in [0.3, 0.4) is 0 Å². The Labute approximate surface area is 101 Å². The maximum atomic E-state index is 13.3. The predicted octanol–water partition coefficient (Wildman–Crippen LogP) is 2.69. The first-order valence-electron chi connectivity index (χ1n) is 5.16. The van der Waals surface area contributed by atoms with Crippen molar-refractivity contribution in [2.75, 3.05) is 11.1 Å². The molecule has 0 aliphatic heterocycles. The fraction of sp³-hybridized carbons (Fsp3) is 0.0833. The van der Waals surface area contributed by atoms with Gasteiger partial charge in [0.2, 0.25) is 0 Å². The maximum absolute atomic E-state index is 13.3. The lowest BCUT2D eigenvalue weighted by Crippen LogP contribution is -2.07. The highest BCUT2D eigenvalue weighted by molar-refractivity contribution is 5.45. The molecule has 1 heterocycles. The molecule has 0 saturated heterocycles. The Kier molecular flexibility index (Phi) is 3.36. The average Bonchev–Trinajstić information content (AvgIpc) is 2.34. The number of nitrogen functional groups attached to an aromatic ring is 1. The van der Waals surface area contributed by atoms with Crippen molar-refractivity contribution in [3.05, 3.63) is 53.3 Å². The maximum Gasteiger partial charge on any atom is 0.168 e. The van der Waals surface area contributed by atoms with Gasteiger partial charge in [-0.2, -0.15) is 0 Å². The van der Waals surface area contributed by atoms with Gasteiger partial charge in [-0.3, -0.25) is 0 Å². The second-order valence-electron chi connectivity index (χ2n) is 3.63. The van der Waals surface area contributed by atoms with Gasteiger partial charge in [-0.05, 0) is 6.07 Å². The van der Waals surface area contributed by atoms with E-state index in [-0.39, 0.29) is 12.4 Å². The monoisotopic (exact) mass is 253 g/mol. The van der Waals surface area contributed by atoms with E-state index in [1.54, 1.807) is 18.2 Å². The van der Waals surface area contributed by atoms with Gasteiger partial charge in [0.25, 0.3) is 0 Å². The Hall–Kier alpha value is -2.24. The number of pyridine rings is 1. The summed E-state index contributed by atoms with van der Waals surface area (Å²) in [6.45, 7) is 0.0294. The number of hydrogen-bond acceptors (Lipinski definition) is 3. The number of aromatic nitrogens is 1. The molecule has 1 aromatic carbocycles. The Bertz CT molecular complexity index is 572. The number of benzene rings is 1. The summed E-state index contributed by atoms with van der Waals surface area (Å²) >= 11 is 0. The minimum absolute atomic E-state index is 0.0294. The lowest BCUT2D eigenvalue weighted by molar-refractivity contribution is 0.578. The number of nitrogens with zero attached hydrogens (tertiary/aromatic N) is 1. The van der Waals surface area contributed by atoms with E-state index in [4.69, 9.17) is 5.73 Å². The third-order valence-corrected chi connectivity index (χ3v) is 2.36. The van der Waals surface area contributed by atoms with Gasteiger partial charge in [0.1, 0.15) is 5.82 Å². The molecule has 3 nitrogen and oxygen atoms in total. The molecule has 0 radical (unpaired) electrons. The summed E-state index contributed by atoms with van der Waals surface area (Å²) in [6, 6.07) is 6.68. The highest BCUT2D eigenvalue weighted by Gasteiger charge is 2.10. The molecule has 0 atom stereocenters. The first kappa shape index (κ1) is 12.2. The molecule has 94 valence electrons. The molecule has 2 aromatic rings. The van der Waals surface area contributed by atoms with E-state index in [9.17, 15) is 13.2 Å². The molecule has 0 aliphatic rings. The molecular weight excluding hydrogens is 243 g/mol. The van der Waals surface area contributed by atoms with Gasteiger partial charge < -0.3 is 11.1 Å². The zero-order chi connectivity index (χ0) is 13.1. The summed E-state index contributed by atoms with van der Waals surface area (Å²) in [5.74, 6) is -2.84. The molecule has 3 N–H and O–H groups in total. The number of anilines is 2. The molecule has 0 saturated carbocycles. The van der Waals surface area contributed by atoms with Gasteiger partial charge in [0, 0.05) is 18.2 Å². The highest BCUT2D eigenvalue weighted by Crippen LogP contribution is 2.17. The first-order valence-corrected chi connectivity index (χ1v) is 5.16. The van der Waals surface area contributed by atoms with Crippen LogP contribution in [0.5, 0.6) is 0 Å². The molecule has 0 fully saturated rings. The Morgan fingerprint density at radius 1 is 1.06 bits per heavy atom. The minimum atomic E-state index is -0.927. The van der Waals surface area contributed by atoms with E-state index >= 15 is 0 Å². The van der Waals surface area contributed by atoms with Crippen LogP contribution in [0.2, 0.25) is 0 Å². The van der Waals surface area contributed by atoms with E-state index in [1.165, 1.54) is 6.07 Å². The third kappa shape index (κ3) is 2.53. The predicted molar refractivity (Wildman–Crippen MR) is 62.3 cm³/mol. The normalized spacial score (nSPS) is 10.4. The molecule has 0 unspecified atom stereocenters. The zero-order valence-corrected chi connectivity index (χ0v) is 9.25. The van der Waals surface area contributed by atoms with Crippen molar-refractivity contribution in [2.45, 2.75) is 6.54 Å². The fourth-order valence-electron chi connectivity index (χ4n) is 1.43. The van der Waals surface area contributed by atoms with Crippen molar-refractivity contribution in [3.63, 3.8) is 0 Å². The van der Waals surface area contributed by atoms with E-state index < -0.39 is 23.3 Å². The molecular formula is C12H10F3N3. The quantitative estimate of drug-likeness (QED) is 0.884. The van der Waals surface area contributed by atoms with Gasteiger partial charge in [0.15, 0.2) is 23.3 Å². The van der Waals surface area contributed by atoms with Gasteiger partial charge in [-0.15, -0.1) is 0 Å². The lowest BCUT2D eigenvalue weighted by Gasteiger charge is -2.08. The summed E-state index contributed by atoms with van der Waals surface area (Å²) in [7, 11) is 0. The van der Waals surface area contributed by atoms with Crippen LogP contribution in [-0.4, -0.2) is 4.98 Å². The van der Waals surface area contributed by atoms with Crippen molar-refractivity contribution < 1.29 is 13.2 Å². The second-order valence-corrected chi connectivity index (χ2v) is 3.63. The van der Waals surface area contributed by atoms with E-state index in [2.05, 4.69) is 10.3 Å². The molecule has 2 rings (SSSR count). The van der Waals surface area contributed by atoms with Crippen LogP contribution < -0.4 is 11.1 Å². The minimum Gasteiger partial charge on any atom is -0.381 e. The third-order valence-electron chi connectivity index (χ3n) is 2.36. The summed E-state index contributed by atoms with van der Waals surface area (Å²) < 4.78 is 39.5. The Balaban J connectivity index is 2.16. The molecule has 0 aliphatic carbocycles. The number of hydrogen-bond donors (Lipinski definition) is 2. The summed E-state index contributed by atoms with van der Waals surface area (Å²) in [4.78, 5) is 3.51. The van der Waals surface area contributed by atoms with Gasteiger partial charge in [-0.25, -0.2) is 18.2 Å². The van der Waals surface area contributed by atoms with Crippen molar-refractivity contribution in [2.24, 2.45) is 0 Å². The van der Waals surface area contributed by atoms with E-state index in [0.29, 0.717) is 11.6 Å². The van der Waals surface area contributed by atoms with Crippen LogP contribution in [0, 0.1) is 17.5 Å². The van der Waals surface area contributed by atoms with Gasteiger partial charge in [-0.1, -0.05) is 18.2 Å². The average molecular weight is 253 g/mol. The van der Waals surface area contributed by atoms with Crippen LogP contribution in [0.25, 0.3) is 0 Å². The number of nitrogens with two attached hydrogens (primary N) is 1. The smallest absolute Gasteiger partial charge is 0.168 e. The lowest BCUT2D eigenvalue weighted by atomic mass is 10.2. The van der Waals surface area contributed by atoms with E-state index in [0.717, 1.165) is 0 Å². The molecule has 0 bridgehead atoms. The van der Waals surface area contributed by atoms with Crippen molar-refractivity contribution >= 4 is 11.6 Å². The zero-order valence-electron chi connectivity index (χ0n) is 9.25. The standard InChI is InChI=1S/C12H10F3N3/c13-8-4-2-1-3-7(8)6-17-12-10(15)5-9(14)11(16)18-12/h1-5H,6H2,(H3,16,17,18). The SMILES string of the molecule is Nc1nc(NCc2ccccc2F)c(F)cc1F. The second kappa shape index (κ2) is 4.95. The molecule has 0 amide bonds. The Morgan fingerprint density at radius 3 is 2.50 bits per heavy atom. The Morgan fingerprint density at radius 2 is 1.78 bits per heavy atom. The van der Waals surface area contributed by atoms with E-state index in [1.807, 2.05) is 0 Å². The summed E-state index contributed by atoms with van der Waals surface area (Å²) in [5.41, 5.74) is 5.57. The molecule has 1 aromatic heterocycles. The van der Waals surface area contributed by atoms with Crippen molar-refractivity contribution in [3.8, 4) is 0 Å². The molecule has 6 heteroatoms. The van der Waals surface area contributed by atoms with Gasteiger partial charge in [0.05, 0.1) is 0 Å². The highest BCUT2D eigenvalue weighted by atomic mass is 19.1. The fourth-order valence-corrected chi connectivity index (χ4v) is 1.43. The first-order chi connectivity index (χ1) is 8.58. The number of rotatable bonds is 3.